The fourth-order valence-corrected chi connectivity index (χ4v) is 1.95. The Kier molecular flexibility index (Phi) is 6.06. The topological polar surface area (TPSA) is 134 Å². The summed E-state index contributed by atoms with van der Waals surface area (Å²) in [5.74, 6) is -1.89. The van der Waals surface area contributed by atoms with Crippen molar-refractivity contribution in [2.24, 2.45) is 5.73 Å². The second-order valence-electron chi connectivity index (χ2n) is 4.59. The molecule has 1 rings (SSSR count). The Labute approximate surface area is 121 Å². The minimum atomic E-state index is -1.46. The largest absolute Gasteiger partial charge is 0.463 e. The zero-order chi connectivity index (χ0) is 16.2. The average molecular weight is 305 g/mol. The summed E-state index contributed by atoms with van der Waals surface area (Å²) in [5, 5.41) is 9.73. The van der Waals surface area contributed by atoms with Crippen molar-refractivity contribution in [1.82, 2.24) is 0 Å². The third kappa shape index (κ3) is 4.96. The normalized spacial score (nSPS) is 32.1. The molecular formula is C12H19NO8. The molecule has 0 saturated carbocycles. The van der Waals surface area contributed by atoms with Crippen molar-refractivity contribution >= 4 is 17.9 Å². The Morgan fingerprint density at radius 3 is 2.05 bits per heavy atom. The van der Waals surface area contributed by atoms with E-state index in [9.17, 15) is 19.5 Å². The molecule has 1 fully saturated rings. The summed E-state index contributed by atoms with van der Waals surface area (Å²) in [6.07, 6.45) is -4.67. The van der Waals surface area contributed by atoms with Crippen LogP contribution in [0.5, 0.6) is 0 Å². The highest BCUT2D eigenvalue weighted by Gasteiger charge is 2.48. The van der Waals surface area contributed by atoms with Crippen LogP contribution in [-0.4, -0.2) is 60.3 Å². The van der Waals surface area contributed by atoms with Crippen LogP contribution >= 0.6 is 0 Å². The first-order valence-electron chi connectivity index (χ1n) is 6.29. The Bertz CT molecular complexity index is 412. The predicted molar refractivity (Wildman–Crippen MR) is 66.6 cm³/mol. The maximum atomic E-state index is 11.2. The lowest BCUT2D eigenvalue weighted by Gasteiger charge is -2.41. The van der Waals surface area contributed by atoms with Crippen molar-refractivity contribution in [2.45, 2.75) is 51.4 Å². The lowest BCUT2D eigenvalue weighted by atomic mass is 9.97. The molecule has 0 aromatic rings. The molecule has 9 heteroatoms. The van der Waals surface area contributed by atoms with Crippen LogP contribution in [0, 0.1) is 0 Å². The smallest absolute Gasteiger partial charge is 0.303 e. The van der Waals surface area contributed by atoms with Gasteiger partial charge in [0, 0.05) is 20.8 Å². The second-order valence-corrected chi connectivity index (χ2v) is 4.59. The summed E-state index contributed by atoms with van der Waals surface area (Å²) in [5.41, 5.74) is 5.70. The minimum absolute atomic E-state index is 0.283. The molecule has 1 unspecified atom stereocenters. The molecule has 0 aromatic heterocycles. The molecule has 1 aliphatic heterocycles. The zero-order valence-corrected chi connectivity index (χ0v) is 12.0. The van der Waals surface area contributed by atoms with Gasteiger partial charge in [-0.05, 0) is 0 Å². The molecule has 1 heterocycles. The van der Waals surface area contributed by atoms with Gasteiger partial charge in [0.25, 0.3) is 0 Å². The van der Waals surface area contributed by atoms with E-state index in [0.717, 1.165) is 13.8 Å². The van der Waals surface area contributed by atoms with Crippen molar-refractivity contribution < 1.29 is 38.4 Å². The lowest BCUT2D eigenvalue weighted by molar-refractivity contribution is -0.260. The van der Waals surface area contributed by atoms with Crippen molar-refractivity contribution in [3.8, 4) is 0 Å². The Morgan fingerprint density at radius 1 is 1.05 bits per heavy atom. The predicted octanol–water partition coefficient (Wildman–Crippen LogP) is -1.54. The molecule has 0 aromatic carbocycles. The standard InChI is InChI=1S/C12H19NO8/c1-5(14)18-4-8-10(19-6(2)15)11(20-7(3)16)9(13)12(17)21-8/h8-12,17H,4,13H2,1-3H3/t8-,9+,10-,11-,12?/m1/s1. The number of nitrogens with two attached hydrogens (primary N) is 1. The summed E-state index contributed by atoms with van der Waals surface area (Å²) in [4.78, 5) is 33.2. The highest BCUT2D eigenvalue weighted by molar-refractivity contribution is 5.67. The molecule has 0 radical (unpaired) electrons. The van der Waals surface area contributed by atoms with E-state index < -0.39 is 48.6 Å². The van der Waals surface area contributed by atoms with Crippen LogP contribution in [0.4, 0.5) is 0 Å². The first-order chi connectivity index (χ1) is 9.72. The van der Waals surface area contributed by atoms with E-state index in [1.54, 1.807) is 0 Å². The van der Waals surface area contributed by atoms with Gasteiger partial charge in [-0.3, -0.25) is 14.4 Å². The van der Waals surface area contributed by atoms with Gasteiger partial charge in [0.2, 0.25) is 0 Å². The highest BCUT2D eigenvalue weighted by Crippen LogP contribution is 2.24. The van der Waals surface area contributed by atoms with Crippen molar-refractivity contribution in [1.29, 1.82) is 0 Å². The first kappa shape index (κ1) is 17.3. The SMILES string of the molecule is CC(=O)OC[C@H]1OC(O)[C@@H](N)[C@@H](OC(C)=O)[C@@H]1OC(C)=O. The van der Waals surface area contributed by atoms with Crippen molar-refractivity contribution in [3.63, 3.8) is 0 Å². The van der Waals surface area contributed by atoms with E-state index in [1.165, 1.54) is 6.92 Å². The van der Waals surface area contributed by atoms with Crippen LogP contribution in [0.1, 0.15) is 20.8 Å². The number of hydrogen-bond acceptors (Lipinski definition) is 9. The summed E-state index contributed by atoms with van der Waals surface area (Å²) in [7, 11) is 0. The molecule has 0 amide bonds. The monoisotopic (exact) mass is 305 g/mol. The summed E-state index contributed by atoms with van der Waals surface area (Å²) < 4.78 is 20.0. The molecule has 0 spiro atoms. The third-order valence-corrected chi connectivity index (χ3v) is 2.77. The van der Waals surface area contributed by atoms with Gasteiger partial charge in [0.15, 0.2) is 18.5 Å². The number of ether oxygens (including phenoxy) is 4. The highest BCUT2D eigenvalue weighted by atomic mass is 16.7. The van der Waals surface area contributed by atoms with Gasteiger partial charge < -0.3 is 29.8 Å². The van der Waals surface area contributed by atoms with Crippen molar-refractivity contribution in [2.75, 3.05) is 6.61 Å². The lowest BCUT2D eigenvalue weighted by Crippen LogP contribution is -2.64. The van der Waals surface area contributed by atoms with Crippen LogP contribution in [-0.2, 0) is 33.3 Å². The molecule has 0 bridgehead atoms. The number of rotatable bonds is 4. The molecular weight excluding hydrogens is 286 g/mol. The third-order valence-electron chi connectivity index (χ3n) is 2.77. The van der Waals surface area contributed by atoms with Crippen LogP contribution in [0.2, 0.25) is 0 Å². The van der Waals surface area contributed by atoms with Crippen LogP contribution in [0.3, 0.4) is 0 Å². The number of esters is 3. The molecule has 21 heavy (non-hydrogen) atoms. The molecule has 5 atom stereocenters. The number of carbonyl (C=O) groups excluding carboxylic acids is 3. The number of carbonyl (C=O) groups is 3. The fraction of sp³-hybridized carbons (Fsp3) is 0.750. The van der Waals surface area contributed by atoms with E-state index in [-0.39, 0.29) is 6.61 Å². The van der Waals surface area contributed by atoms with Crippen LogP contribution in [0.15, 0.2) is 0 Å². The summed E-state index contributed by atoms with van der Waals surface area (Å²) in [6.45, 7) is 3.22. The molecule has 1 aliphatic rings. The summed E-state index contributed by atoms with van der Waals surface area (Å²) >= 11 is 0. The average Bonchev–Trinajstić information content (AvgIpc) is 2.35. The Balaban J connectivity index is 2.94. The molecule has 9 nitrogen and oxygen atoms in total. The second kappa shape index (κ2) is 7.34. The molecule has 0 aliphatic carbocycles. The Morgan fingerprint density at radius 2 is 1.57 bits per heavy atom. The van der Waals surface area contributed by atoms with E-state index in [2.05, 4.69) is 0 Å². The van der Waals surface area contributed by atoms with Crippen LogP contribution in [0.25, 0.3) is 0 Å². The van der Waals surface area contributed by atoms with Gasteiger partial charge >= 0.3 is 17.9 Å². The number of aliphatic hydroxyl groups is 1. The summed E-state index contributed by atoms with van der Waals surface area (Å²) in [6, 6.07) is -1.10. The van der Waals surface area contributed by atoms with Crippen molar-refractivity contribution in [3.05, 3.63) is 0 Å². The van der Waals surface area contributed by atoms with Gasteiger partial charge in [-0.25, -0.2) is 0 Å². The van der Waals surface area contributed by atoms with Gasteiger partial charge in [0.05, 0.1) is 6.04 Å². The first-order valence-corrected chi connectivity index (χ1v) is 6.29. The number of aliphatic hydroxyl groups excluding tert-OH is 1. The van der Waals surface area contributed by atoms with E-state index >= 15 is 0 Å². The van der Waals surface area contributed by atoms with Gasteiger partial charge in [-0.15, -0.1) is 0 Å². The van der Waals surface area contributed by atoms with E-state index in [0.29, 0.717) is 0 Å². The van der Waals surface area contributed by atoms with Gasteiger partial charge in [-0.2, -0.15) is 0 Å². The van der Waals surface area contributed by atoms with Gasteiger partial charge in [0.1, 0.15) is 12.7 Å². The maximum absolute atomic E-state index is 11.2. The molecule has 3 N–H and O–H groups in total. The van der Waals surface area contributed by atoms with Gasteiger partial charge in [-0.1, -0.05) is 0 Å². The number of hydrogen-bond donors (Lipinski definition) is 2. The molecule has 1 saturated heterocycles. The van der Waals surface area contributed by atoms with Crippen LogP contribution < -0.4 is 5.73 Å². The quantitative estimate of drug-likeness (QED) is 0.468. The van der Waals surface area contributed by atoms with E-state index in [4.69, 9.17) is 24.7 Å². The van der Waals surface area contributed by atoms with E-state index in [1.807, 2.05) is 0 Å². The maximum Gasteiger partial charge on any atom is 0.303 e. The molecule has 120 valence electrons. The zero-order valence-electron chi connectivity index (χ0n) is 12.0. The Hall–Kier alpha value is -1.71. The minimum Gasteiger partial charge on any atom is -0.463 e. The fourth-order valence-electron chi connectivity index (χ4n) is 1.95.